The zero-order chi connectivity index (χ0) is 17.5. The molecule has 0 amide bonds. The maximum atomic E-state index is 10.8. The molecule has 2 rings (SSSR count). The number of aliphatic hydroxyl groups excluding tert-OH is 1. The number of aryl methyl sites for hydroxylation is 1. The topological polar surface area (TPSA) is 29.5 Å². The summed E-state index contributed by atoms with van der Waals surface area (Å²) in [6.45, 7) is 9.15. The number of aliphatic hydroxyl groups is 1. The lowest BCUT2D eigenvalue weighted by molar-refractivity contribution is 0.219. The summed E-state index contributed by atoms with van der Waals surface area (Å²) in [4.78, 5) is 0. The Balaban J connectivity index is 2.19. The number of benzene rings is 2. The van der Waals surface area contributed by atoms with Crippen LogP contribution in [-0.2, 0) is 6.42 Å². The van der Waals surface area contributed by atoms with Gasteiger partial charge in [0.1, 0.15) is 11.9 Å². The number of hydrogen-bond donors (Lipinski definition) is 1. The number of rotatable bonds is 8. The summed E-state index contributed by atoms with van der Waals surface area (Å²) in [5.41, 5.74) is 5.45. The molecule has 0 fully saturated rings. The minimum atomic E-state index is -0.593. The van der Waals surface area contributed by atoms with Crippen LogP contribution in [0.3, 0.4) is 0 Å². The molecule has 0 saturated heterocycles. The molecule has 0 aliphatic heterocycles. The minimum absolute atomic E-state index is 0.593. The minimum Gasteiger partial charge on any atom is -0.493 e. The number of unbranched alkanes of at least 4 members (excludes halogenated alkanes) is 1. The predicted molar refractivity (Wildman–Crippen MR) is 101 cm³/mol. The van der Waals surface area contributed by atoms with Gasteiger partial charge in [0, 0.05) is 0 Å². The summed E-state index contributed by atoms with van der Waals surface area (Å²) < 4.78 is 5.78. The molecular formula is C22H30O2. The lowest BCUT2D eigenvalue weighted by atomic mass is 9.93. The molecule has 0 bridgehead atoms. The van der Waals surface area contributed by atoms with Gasteiger partial charge in [-0.05, 0) is 67.0 Å². The summed E-state index contributed by atoms with van der Waals surface area (Å²) in [7, 11) is 0. The summed E-state index contributed by atoms with van der Waals surface area (Å²) in [6, 6.07) is 12.3. The Morgan fingerprint density at radius 2 is 1.62 bits per heavy atom. The molecule has 130 valence electrons. The van der Waals surface area contributed by atoms with Crippen LogP contribution in [0.1, 0.15) is 67.0 Å². The zero-order valence-corrected chi connectivity index (χ0v) is 15.4. The van der Waals surface area contributed by atoms with E-state index in [0.717, 1.165) is 47.5 Å². The van der Waals surface area contributed by atoms with Crippen molar-refractivity contribution in [1.29, 1.82) is 0 Å². The molecule has 0 aliphatic rings. The Kier molecular flexibility index (Phi) is 6.86. The molecule has 2 heteroatoms. The third-order valence-electron chi connectivity index (χ3n) is 4.65. The van der Waals surface area contributed by atoms with Gasteiger partial charge in [-0.15, -0.1) is 0 Å². The molecule has 1 unspecified atom stereocenters. The summed E-state index contributed by atoms with van der Waals surface area (Å²) in [5.74, 6) is 0.917. The van der Waals surface area contributed by atoms with Gasteiger partial charge in [0.25, 0.3) is 0 Å². The smallest absolute Gasteiger partial charge is 0.122 e. The summed E-state index contributed by atoms with van der Waals surface area (Å²) >= 11 is 0. The van der Waals surface area contributed by atoms with Gasteiger partial charge >= 0.3 is 0 Å². The fraction of sp³-hybridized carbons (Fsp3) is 0.455. The molecular weight excluding hydrogens is 296 g/mol. The molecule has 1 N–H and O–H groups in total. The molecule has 0 aromatic heterocycles. The van der Waals surface area contributed by atoms with Crippen LogP contribution in [0, 0.1) is 13.8 Å². The molecule has 2 aromatic rings. The van der Waals surface area contributed by atoms with Gasteiger partial charge in [0.05, 0.1) is 6.61 Å². The molecule has 0 saturated carbocycles. The molecule has 0 radical (unpaired) electrons. The highest BCUT2D eigenvalue weighted by molar-refractivity contribution is 5.46. The predicted octanol–water partition coefficient (Wildman–Crippen LogP) is 5.52. The molecule has 1 atom stereocenters. The maximum Gasteiger partial charge on any atom is 0.122 e. The highest BCUT2D eigenvalue weighted by Crippen LogP contribution is 2.31. The molecule has 0 aliphatic carbocycles. The van der Waals surface area contributed by atoms with Crippen molar-refractivity contribution in [3.63, 3.8) is 0 Å². The van der Waals surface area contributed by atoms with Crippen LogP contribution in [0.5, 0.6) is 5.75 Å². The van der Waals surface area contributed by atoms with Crippen LogP contribution in [0.15, 0.2) is 36.4 Å². The number of ether oxygens (including phenoxy) is 1. The SMILES string of the molecule is CCCCc1ccc(C(O)c2ccc(OCCC)c(C)c2C)cc1. The first-order valence-electron chi connectivity index (χ1n) is 9.08. The van der Waals surface area contributed by atoms with Crippen LogP contribution in [0.2, 0.25) is 0 Å². The van der Waals surface area contributed by atoms with Gasteiger partial charge in [-0.2, -0.15) is 0 Å². The van der Waals surface area contributed by atoms with Crippen molar-refractivity contribution in [2.24, 2.45) is 0 Å². The van der Waals surface area contributed by atoms with Gasteiger partial charge in [-0.25, -0.2) is 0 Å². The van der Waals surface area contributed by atoms with E-state index >= 15 is 0 Å². The Morgan fingerprint density at radius 3 is 2.25 bits per heavy atom. The lowest BCUT2D eigenvalue weighted by Gasteiger charge is -2.18. The number of hydrogen-bond acceptors (Lipinski definition) is 2. The van der Waals surface area contributed by atoms with Crippen molar-refractivity contribution >= 4 is 0 Å². The second kappa shape index (κ2) is 8.89. The Labute approximate surface area is 146 Å². The quantitative estimate of drug-likeness (QED) is 0.692. The maximum absolute atomic E-state index is 10.8. The molecule has 2 nitrogen and oxygen atoms in total. The largest absolute Gasteiger partial charge is 0.493 e. The molecule has 2 aromatic carbocycles. The van der Waals surface area contributed by atoms with Crippen LogP contribution in [0.25, 0.3) is 0 Å². The summed E-state index contributed by atoms with van der Waals surface area (Å²) in [5, 5.41) is 10.8. The van der Waals surface area contributed by atoms with E-state index in [1.165, 1.54) is 18.4 Å². The van der Waals surface area contributed by atoms with E-state index in [1.54, 1.807) is 0 Å². The average molecular weight is 326 g/mol. The standard InChI is InChI=1S/C22H30O2/c1-5-7-8-18-9-11-19(12-10-18)22(23)20-13-14-21(24-15-6-2)17(4)16(20)3/h9-14,22-23H,5-8,15H2,1-4H3. The van der Waals surface area contributed by atoms with Gasteiger partial charge < -0.3 is 9.84 Å². The molecule has 24 heavy (non-hydrogen) atoms. The van der Waals surface area contributed by atoms with Crippen LogP contribution in [0.4, 0.5) is 0 Å². The first-order chi connectivity index (χ1) is 11.6. The van der Waals surface area contributed by atoms with E-state index in [1.807, 2.05) is 24.3 Å². The monoisotopic (exact) mass is 326 g/mol. The van der Waals surface area contributed by atoms with Crippen LogP contribution < -0.4 is 4.74 Å². The van der Waals surface area contributed by atoms with E-state index in [-0.39, 0.29) is 0 Å². The van der Waals surface area contributed by atoms with Gasteiger partial charge in [0.15, 0.2) is 0 Å². The van der Waals surface area contributed by atoms with Crippen LogP contribution >= 0.6 is 0 Å². The Hall–Kier alpha value is -1.80. The fourth-order valence-corrected chi connectivity index (χ4v) is 2.91. The average Bonchev–Trinajstić information content (AvgIpc) is 2.61. The molecule has 0 heterocycles. The van der Waals surface area contributed by atoms with Crippen molar-refractivity contribution in [3.05, 3.63) is 64.2 Å². The normalized spacial score (nSPS) is 12.2. The van der Waals surface area contributed by atoms with E-state index in [9.17, 15) is 5.11 Å². The Bertz CT molecular complexity index is 644. The van der Waals surface area contributed by atoms with Crippen LogP contribution in [-0.4, -0.2) is 11.7 Å². The third-order valence-corrected chi connectivity index (χ3v) is 4.65. The van der Waals surface area contributed by atoms with Gasteiger partial charge in [-0.1, -0.05) is 50.6 Å². The second-order valence-electron chi connectivity index (χ2n) is 6.50. The Morgan fingerprint density at radius 1 is 0.917 bits per heavy atom. The van der Waals surface area contributed by atoms with Crippen molar-refractivity contribution in [2.45, 2.75) is 59.5 Å². The highest BCUT2D eigenvalue weighted by Gasteiger charge is 2.16. The fourth-order valence-electron chi connectivity index (χ4n) is 2.91. The van der Waals surface area contributed by atoms with E-state index in [2.05, 4.69) is 39.8 Å². The lowest BCUT2D eigenvalue weighted by Crippen LogP contribution is -2.05. The second-order valence-corrected chi connectivity index (χ2v) is 6.50. The first-order valence-corrected chi connectivity index (χ1v) is 9.08. The van der Waals surface area contributed by atoms with Crippen molar-refractivity contribution in [2.75, 3.05) is 6.61 Å². The third kappa shape index (κ3) is 4.39. The van der Waals surface area contributed by atoms with Gasteiger partial charge in [0.2, 0.25) is 0 Å². The van der Waals surface area contributed by atoms with Crippen molar-refractivity contribution < 1.29 is 9.84 Å². The van der Waals surface area contributed by atoms with E-state index in [0.29, 0.717) is 0 Å². The van der Waals surface area contributed by atoms with E-state index < -0.39 is 6.10 Å². The van der Waals surface area contributed by atoms with Gasteiger partial charge in [-0.3, -0.25) is 0 Å². The summed E-state index contributed by atoms with van der Waals surface area (Å²) in [6.07, 6.45) is 3.92. The highest BCUT2D eigenvalue weighted by atomic mass is 16.5. The van der Waals surface area contributed by atoms with Crippen molar-refractivity contribution in [1.82, 2.24) is 0 Å². The molecule has 0 spiro atoms. The zero-order valence-electron chi connectivity index (χ0n) is 15.4. The van der Waals surface area contributed by atoms with E-state index in [4.69, 9.17) is 4.74 Å². The van der Waals surface area contributed by atoms with Crippen molar-refractivity contribution in [3.8, 4) is 5.75 Å². The first kappa shape index (κ1) is 18.5.